The lowest BCUT2D eigenvalue weighted by atomic mass is 9.95. The number of nitrogens with zero attached hydrogens (tertiary/aromatic N) is 4. The smallest absolute Gasteiger partial charge is 0.226 e. The molecule has 3 heterocycles. The predicted octanol–water partition coefficient (Wildman–Crippen LogP) is 3.35. The molecule has 0 saturated carbocycles. The van der Waals surface area contributed by atoms with Gasteiger partial charge in [-0.2, -0.15) is 5.10 Å². The van der Waals surface area contributed by atoms with Crippen LogP contribution in [0.5, 0.6) is 0 Å². The minimum atomic E-state index is -0.00916. The Morgan fingerprint density at radius 1 is 1.33 bits per heavy atom. The number of hydrogen-bond acceptors (Lipinski definition) is 5. The monoisotopic (exact) mass is 381 g/mol. The zero-order valence-electron chi connectivity index (χ0n) is 16.0. The van der Waals surface area contributed by atoms with Gasteiger partial charge >= 0.3 is 0 Å². The van der Waals surface area contributed by atoms with Crippen molar-refractivity contribution >= 4 is 17.2 Å². The van der Waals surface area contributed by atoms with E-state index in [1.807, 2.05) is 19.2 Å². The second kappa shape index (κ2) is 6.88. The maximum Gasteiger partial charge on any atom is 0.226 e. The topological polar surface area (TPSA) is 72.7 Å². The van der Waals surface area contributed by atoms with Gasteiger partial charge in [0.05, 0.1) is 28.4 Å². The van der Waals surface area contributed by atoms with Crippen molar-refractivity contribution in [2.75, 3.05) is 7.05 Å². The summed E-state index contributed by atoms with van der Waals surface area (Å²) in [4.78, 5) is 22.1. The molecule has 3 aromatic rings. The molecule has 6 nitrogen and oxygen atoms in total. The first-order chi connectivity index (χ1) is 13.0. The minimum absolute atomic E-state index is 0.00916. The fourth-order valence-electron chi connectivity index (χ4n) is 3.46. The summed E-state index contributed by atoms with van der Waals surface area (Å²) < 4.78 is 2.10. The first-order valence-corrected chi connectivity index (χ1v) is 10.0. The van der Waals surface area contributed by atoms with Crippen LogP contribution in [0.25, 0.3) is 21.8 Å². The van der Waals surface area contributed by atoms with Crippen LogP contribution in [0.1, 0.15) is 41.8 Å². The minimum Gasteiger partial charge on any atom is -0.359 e. The molecule has 1 aliphatic rings. The lowest BCUT2D eigenvalue weighted by Crippen LogP contribution is -2.19. The van der Waals surface area contributed by atoms with Crippen LogP contribution in [0.2, 0.25) is 0 Å². The van der Waals surface area contributed by atoms with Gasteiger partial charge in [-0.25, -0.2) is 4.98 Å². The fourth-order valence-corrected chi connectivity index (χ4v) is 4.63. The third-order valence-electron chi connectivity index (χ3n) is 4.84. The summed E-state index contributed by atoms with van der Waals surface area (Å²) in [6.07, 6.45) is 4.01. The van der Waals surface area contributed by atoms with Gasteiger partial charge in [-0.05, 0) is 45.7 Å². The maximum atomic E-state index is 11.8. The average Bonchev–Trinajstić information content (AvgIpc) is 3.23. The van der Waals surface area contributed by atoms with Gasteiger partial charge in [0.15, 0.2) is 0 Å². The molecule has 0 spiro atoms. The van der Waals surface area contributed by atoms with E-state index >= 15 is 0 Å². The summed E-state index contributed by atoms with van der Waals surface area (Å²) in [6, 6.07) is 4.36. The lowest BCUT2D eigenvalue weighted by molar-refractivity contribution is -0.119. The summed E-state index contributed by atoms with van der Waals surface area (Å²) in [7, 11) is 1.66. The molecule has 4 rings (SSSR count). The average molecular weight is 382 g/mol. The number of carbonyl (C=O) groups is 1. The summed E-state index contributed by atoms with van der Waals surface area (Å²) >= 11 is 1.62. The number of amides is 1. The first kappa shape index (κ1) is 17.9. The number of aryl methyl sites for hydroxylation is 2. The first-order valence-electron chi connectivity index (χ1n) is 9.22. The van der Waals surface area contributed by atoms with Crippen molar-refractivity contribution in [3.05, 3.63) is 40.3 Å². The van der Waals surface area contributed by atoms with Crippen LogP contribution in [0, 0.1) is 6.92 Å². The van der Waals surface area contributed by atoms with Crippen molar-refractivity contribution in [1.29, 1.82) is 0 Å². The third-order valence-corrected chi connectivity index (χ3v) is 5.95. The van der Waals surface area contributed by atoms with Gasteiger partial charge in [-0.3, -0.25) is 14.5 Å². The zero-order valence-corrected chi connectivity index (χ0v) is 16.9. The Balaban J connectivity index is 1.84. The highest BCUT2D eigenvalue weighted by molar-refractivity contribution is 7.15. The van der Waals surface area contributed by atoms with E-state index in [1.54, 1.807) is 18.4 Å². The molecule has 0 atom stereocenters. The van der Waals surface area contributed by atoms with Crippen molar-refractivity contribution < 1.29 is 4.79 Å². The third kappa shape index (κ3) is 3.16. The molecule has 0 radical (unpaired) electrons. The van der Waals surface area contributed by atoms with E-state index in [-0.39, 0.29) is 11.9 Å². The molecule has 1 amide bonds. The van der Waals surface area contributed by atoms with Gasteiger partial charge in [0.25, 0.3) is 0 Å². The molecule has 1 aliphatic carbocycles. The highest BCUT2D eigenvalue weighted by atomic mass is 32.1. The van der Waals surface area contributed by atoms with Crippen molar-refractivity contribution in [3.8, 4) is 21.8 Å². The SMILES string of the molecule is CNC(=O)Cc1nc2c(s1)-c1c(c(-c3ccc(C)nc3)nn1C(C)C)CC2. The Hall–Kier alpha value is -2.54. The van der Waals surface area contributed by atoms with E-state index in [4.69, 9.17) is 10.1 Å². The molecule has 0 aliphatic heterocycles. The van der Waals surface area contributed by atoms with Crippen LogP contribution in [-0.2, 0) is 24.1 Å². The number of hydrogen-bond donors (Lipinski definition) is 1. The highest BCUT2D eigenvalue weighted by Crippen LogP contribution is 2.42. The Morgan fingerprint density at radius 3 is 2.81 bits per heavy atom. The van der Waals surface area contributed by atoms with E-state index in [2.05, 4.69) is 34.9 Å². The molecule has 0 unspecified atom stereocenters. The highest BCUT2D eigenvalue weighted by Gasteiger charge is 2.30. The second-order valence-electron chi connectivity index (χ2n) is 7.14. The number of carbonyl (C=O) groups excluding carboxylic acids is 1. The molecule has 7 heteroatoms. The Labute approximate surface area is 162 Å². The number of likely N-dealkylation sites (N-methyl/N-ethyl adjacent to an activating group) is 1. The number of aromatic nitrogens is 4. The Bertz CT molecular complexity index is 1000. The Kier molecular flexibility index (Phi) is 4.55. The molecule has 27 heavy (non-hydrogen) atoms. The zero-order chi connectivity index (χ0) is 19.1. The molecule has 0 aromatic carbocycles. The predicted molar refractivity (Wildman–Crippen MR) is 107 cm³/mol. The number of rotatable bonds is 4. The molecule has 0 saturated heterocycles. The largest absolute Gasteiger partial charge is 0.359 e. The molecule has 0 fully saturated rings. The molecule has 140 valence electrons. The van der Waals surface area contributed by atoms with Gasteiger partial charge in [-0.15, -0.1) is 11.3 Å². The van der Waals surface area contributed by atoms with Crippen molar-refractivity contribution in [2.45, 2.75) is 46.1 Å². The summed E-state index contributed by atoms with van der Waals surface area (Å²) in [5.74, 6) is -0.00916. The Morgan fingerprint density at radius 2 is 2.15 bits per heavy atom. The molecular weight excluding hydrogens is 358 g/mol. The fraction of sp³-hybridized carbons (Fsp3) is 0.400. The maximum absolute atomic E-state index is 11.8. The van der Waals surface area contributed by atoms with Gasteiger partial charge in [0, 0.05) is 36.1 Å². The summed E-state index contributed by atoms with van der Waals surface area (Å²) in [5.41, 5.74) is 6.56. The van der Waals surface area contributed by atoms with Crippen molar-refractivity contribution in [2.24, 2.45) is 0 Å². The van der Waals surface area contributed by atoms with Gasteiger partial charge in [-0.1, -0.05) is 0 Å². The molecule has 0 bridgehead atoms. The van der Waals surface area contributed by atoms with E-state index < -0.39 is 0 Å². The standard InChI is InChI=1S/C20H23N5OS/c1-11(2)25-19-14(18(24-25)13-6-5-12(3)22-10-13)7-8-15-20(19)27-17(23-15)9-16(26)21-4/h5-6,10-11H,7-9H2,1-4H3,(H,21,26). The van der Waals surface area contributed by atoms with Crippen LogP contribution in [0.15, 0.2) is 18.3 Å². The summed E-state index contributed by atoms with van der Waals surface area (Å²) in [5, 5.41) is 8.49. The number of nitrogens with one attached hydrogen (secondary N) is 1. The van der Waals surface area contributed by atoms with Crippen LogP contribution < -0.4 is 5.32 Å². The van der Waals surface area contributed by atoms with E-state index in [0.29, 0.717) is 6.42 Å². The van der Waals surface area contributed by atoms with Crippen LogP contribution in [-0.4, -0.2) is 32.7 Å². The van der Waals surface area contributed by atoms with Crippen LogP contribution in [0.3, 0.4) is 0 Å². The lowest BCUT2D eigenvalue weighted by Gasteiger charge is -2.16. The normalized spacial score (nSPS) is 12.8. The van der Waals surface area contributed by atoms with Crippen LogP contribution >= 0.6 is 11.3 Å². The number of pyridine rings is 1. The summed E-state index contributed by atoms with van der Waals surface area (Å²) in [6.45, 7) is 6.28. The molecular formula is C20H23N5OS. The van der Waals surface area contributed by atoms with Gasteiger partial charge in [0.2, 0.25) is 5.91 Å². The number of thiazole rings is 1. The van der Waals surface area contributed by atoms with Crippen molar-refractivity contribution in [3.63, 3.8) is 0 Å². The molecule has 3 aromatic heterocycles. The van der Waals surface area contributed by atoms with E-state index in [9.17, 15) is 4.79 Å². The van der Waals surface area contributed by atoms with Crippen molar-refractivity contribution in [1.82, 2.24) is 25.1 Å². The van der Waals surface area contributed by atoms with E-state index in [1.165, 1.54) is 5.56 Å². The molecule has 1 N–H and O–H groups in total. The van der Waals surface area contributed by atoms with Crippen LogP contribution in [0.4, 0.5) is 0 Å². The van der Waals surface area contributed by atoms with Gasteiger partial charge < -0.3 is 5.32 Å². The van der Waals surface area contributed by atoms with E-state index in [0.717, 1.165) is 51.1 Å². The quantitative estimate of drug-likeness (QED) is 0.752. The number of fused-ring (bicyclic) bond motifs is 3. The van der Waals surface area contributed by atoms with Gasteiger partial charge in [0.1, 0.15) is 5.01 Å². The second-order valence-corrected chi connectivity index (χ2v) is 8.22.